The summed E-state index contributed by atoms with van der Waals surface area (Å²) in [6.45, 7) is 4.73. The van der Waals surface area contributed by atoms with Crippen molar-refractivity contribution in [3.05, 3.63) is 36.2 Å². The van der Waals surface area contributed by atoms with E-state index in [1.807, 2.05) is 0 Å². The number of anilines is 1. The molecule has 0 aliphatic heterocycles. The summed E-state index contributed by atoms with van der Waals surface area (Å²) in [5.74, 6) is -1.53. The van der Waals surface area contributed by atoms with Gasteiger partial charge in [-0.1, -0.05) is 0 Å². The van der Waals surface area contributed by atoms with Crippen LogP contribution >= 0.6 is 0 Å². The second-order valence-electron chi connectivity index (χ2n) is 3.67. The van der Waals surface area contributed by atoms with Crippen LogP contribution in [-0.4, -0.2) is 19.7 Å². The number of alkyl halides is 6. The number of nitrogens with one attached hydrogen (secondary N) is 1. The van der Waals surface area contributed by atoms with Crippen LogP contribution in [0.2, 0.25) is 0 Å². The average Bonchev–Trinajstić information content (AvgIpc) is 2.25. The molecule has 0 aromatic heterocycles. The zero-order valence-electron chi connectivity index (χ0n) is 9.71. The van der Waals surface area contributed by atoms with Crippen molar-refractivity contribution in [3.63, 3.8) is 0 Å². The highest BCUT2D eigenvalue weighted by molar-refractivity contribution is 7.93. The second-order valence-corrected chi connectivity index (χ2v) is 5.35. The van der Waals surface area contributed by atoms with E-state index in [1.165, 1.54) is 0 Å². The van der Waals surface area contributed by atoms with Crippen LogP contribution in [-0.2, 0) is 16.2 Å². The molecular weight excluding hydrogens is 328 g/mol. The summed E-state index contributed by atoms with van der Waals surface area (Å²) in [4.78, 5) is 11.0. The fraction of sp³-hybridized carbons (Fsp3) is 0.200. The van der Waals surface area contributed by atoms with E-state index in [1.54, 1.807) is 0 Å². The van der Waals surface area contributed by atoms with Crippen LogP contribution in [0, 0.1) is 6.92 Å². The Morgan fingerprint density at radius 3 is 2.00 bits per heavy atom. The first-order valence-electron chi connectivity index (χ1n) is 4.86. The van der Waals surface area contributed by atoms with Crippen molar-refractivity contribution in [2.45, 2.75) is 11.7 Å². The Hall–Kier alpha value is -1.78. The Bertz CT molecular complexity index is 662. The predicted molar refractivity (Wildman–Crippen MR) is 58.7 cm³/mol. The van der Waals surface area contributed by atoms with Crippen molar-refractivity contribution in [3.8, 4) is 0 Å². The van der Waals surface area contributed by atoms with Crippen LogP contribution in [0.25, 0.3) is 0 Å². The molecule has 116 valence electrons. The van der Waals surface area contributed by atoms with Gasteiger partial charge in [0, 0.05) is 12.5 Å². The summed E-state index contributed by atoms with van der Waals surface area (Å²) < 4.78 is 96.5. The summed E-state index contributed by atoms with van der Waals surface area (Å²) in [5, 5.41) is 0. The molecule has 0 amide bonds. The number of halogens is 6. The van der Waals surface area contributed by atoms with Gasteiger partial charge in [-0.2, -0.15) is 34.8 Å². The average molecular weight is 333 g/mol. The standard InChI is InChI=1S/C10H5F6NO3S/c1-5(18)7-4-6(9(11,12)13)2-3-8(7)17-21(19,20)10(14,15)16/h1-4,17H. The number of hydrogen-bond donors (Lipinski definition) is 1. The van der Waals surface area contributed by atoms with E-state index in [2.05, 4.69) is 0 Å². The van der Waals surface area contributed by atoms with Crippen molar-refractivity contribution >= 4 is 21.5 Å². The van der Waals surface area contributed by atoms with Gasteiger partial charge in [0.1, 0.15) is 0 Å². The third-order valence-corrected chi connectivity index (χ3v) is 3.26. The van der Waals surface area contributed by atoms with Crippen molar-refractivity contribution in [1.82, 2.24) is 0 Å². The Balaban J connectivity index is 3.36. The first-order chi connectivity index (χ1) is 9.25. The maximum absolute atomic E-state index is 12.4. The molecule has 21 heavy (non-hydrogen) atoms. The number of sulfonamides is 1. The molecule has 4 nitrogen and oxygen atoms in total. The van der Waals surface area contributed by atoms with E-state index < -0.39 is 44.3 Å². The number of carbonyl (C=O) groups is 1. The smallest absolute Gasteiger partial charge is 0.294 e. The van der Waals surface area contributed by atoms with Crippen molar-refractivity contribution in [2.24, 2.45) is 0 Å². The van der Waals surface area contributed by atoms with Gasteiger partial charge in [-0.05, 0) is 18.2 Å². The van der Waals surface area contributed by atoms with Gasteiger partial charge in [0.15, 0.2) is 5.78 Å². The lowest BCUT2D eigenvalue weighted by Crippen LogP contribution is -2.30. The monoisotopic (exact) mass is 333 g/mol. The molecule has 0 heterocycles. The minimum absolute atomic E-state index is 0.149. The summed E-state index contributed by atoms with van der Waals surface area (Å²) in [6.07, 6.45) is -4.88. The topological polar surface area (TPSA) is 63.2 Å². The molecule has 1 rings (SSSR count). The molecule has 0 atom stereocenters. The van der Waals surface area contributed by atoms with Gasteiger partial charge < -0.3 is 0 Å². The number of ketones is 1. The summed E-state index contributed by atoms with van der Waals surface area (Å²) in [5.41, 5.74) is -9.12. The lowest BCUT2D eigenvalue weighted by molar-refractivity contribution is -0.137. The zero-order chi connectivity index (χ0) is 16.6. The van der Waals surface area contributed by atoms with Crippen LogP contribution in [0.5, 0.6) is 0 Å². The minimum atomic E-state index is -5.89. The molecule has 0 unspecified atom stereocenters. The van der Waals surface area contributed by atoms with Gasteiger partial charge in [-0.25, -0.2) is 0 Å². The number of Topliss-reactive ketones (excluding diaryl/α,β-unsaturated/α-hetero) is 1. The number of carbonyl (C=O) groups excluding carboxylic acids is 1. The van der Waals surface area contributed by atoms with E-state index in [4.69, 9.17) is 6.92 Å². The Morgan fingerprint density at radius 1 is 1.10 bits per heavy atom. The van der Waals surface area contributed by atoms with E-state index in [-0.39, 0.29) is 6.07 Å². The lowest BCUT2D eigenvalue weighted by atomic mass is 10.1. The fourth-order valence-electron chi connectivity index (χ4n) is 1.22. The molecule has 0 spiro atoms. The van der Waals surface area contributed by atoms with Crippen LogP contribution in [0.15, 0.2) is 18.2 Å². The summed E-state index contributed by atoms with van der Waals surface area (Å²) >= 11 is 0. The van der Waals surface area contributed by atoms with E-state index in [9.17, 15) is 39.6 Å². The van der Waals surface area contributed by atoms with E-state index in [0.29, 0.717) is 12.1 Å². The van der Waals surface area contributed by atoms with E-state index >= 15 is 0 Å². The number of hydrogen-bond acceptors (Lipinski definition) is 3. The first-order valence-corrected chi connectivity index (χ1v) is 6.34. The molecule has 0 saturated heterocycles. The Morgan fingerprint density at radius 2 is 1.62 bits per heavy atom. The van der Waals surface area contributed by atoms with Gasteiger partial charge in [0.25, 0.3) is 0 Å². The Labute approximate surface area is 114 Å². The molecule has 11 heteroatoms. The largest absolute Gasteiger partial charge is 0.516 e. The van der Waals surface area contributed by atoms with Crippen LogP contribution in [0.1, 0.15) is 15.9 Å². The summed E-state index contributed by atoms with van der Waals surface area (Å²) in [7, 11) is -5.89. The fourth-order valence-corrected chi connectivity index (χ4v) is 1.80. The molecule has 0 saturated carbocycles. The molecule has 0 aliphatic rings. The first kappa shape index (κ1) is 17.3. The normalized spacial score (nSPS) is 13.1. The maximum atomic E-state index is 12.4. The van der Waals surface area contributed by atoms with Gasteiger partial charge in [-0.3, -0.25) is 9.52 Å². The molecule has 2 radical (unpaired) electrons. The SMILES string of the molecule is [CH]C(=O)c1cc(C(F)(F)F)ccc1NS(=O)(=O)C(F)(F)F. The van der Waals surface area contributed by atoms with Gasteiger partial charge in [0.05, 0.1) is 11.3 Å². The predicted octanol–water partition coefficient (Wildman–Crippen LogP) is 2.86. The third kappa shape index (κ3) is 3.86. The second kappa shape index (κ2) is 5.20. The molecular formula is C10H5F6NO3S. The third-order valence-electron chi connectivity index (χ3n) is 2.16. The van der Waals surface area contributed by atoms with Crippen LogP contribution < -0.4 is 4.72 Å². The highest BCUT2D eigenvalue weighted by Gasteiger charge is 2.46. The van der Waals surface area contributed by atoms with Gasteiger partial charge >= 0.3 is 21.7 Å². The van der Waals surface area contributed by atoms with E-state index in [0.717, 1.165) is 4.72 Å². The molecule has 1 N–H and O–H groups in total. The maximum Gasteiger partial charge on any atom is 0.516 e. The van der Waals surface area contributed by atoms with Gasteiger partial charge in [0.2, 0.25) is 0 Å². The zero-order valence-corrected chi connectivity index (χ0v) is 10.5. The molecule has 0 fully saturated rings. The number of rotatable bonds is 3. The van der Waals surface area contributed by atoms with Crippen LogP contribution in [0.3, 0.4) is 0 Å². The van der Waals surface area contributed by atoms with Crippen molar-refractivity contribution in [2.75, 3.05) is 4.72 Å². The lowest BCUT2D eigenvalue weighted by Gasteiger charge is -2.14. The van der Waals surface area contributed by atoms with Crippen molar-refractivity contribution < 1.29 is 39.6 Å². The molecule has 0 bridgehead atoms. The molecule has 1 aromatic rings. The highest BCUT2D eigenvalue weighted by Crippen LogP contribution is 2.33. The van der Waals surface area contributed by atoms with Crippen LogP contribution in [0.4, 0.5) is 32.0 Å². The minimum Gasteiger partial charge on any atom is -0.294 e. The van der Waals surface area contributed by atoms with Gasteiger partial charge in [-0.15, -0.1) is 0 Å². The Kier molecular flexibility index (Phi) is 4.28. The van der Waals surface area contributed by atoms with Crippen molar-refractivity contribution in [1.29, 1.82) is 0 Å². The molecule has 0 aliphatic carbocycles. The number of benzene rings is 1. The quantitative estimate of drug-likeness (QED) is 0.683. The molecule has 1 aromatic carbocycles. The highest BCUT2D eigenvalue weighted by atomic mass is 32.2. The summed E-state index contributed by atoms with van der Waals surface area (Å²) in [6, 6.07) is 0.823.